The van der Waals surface area contributed by atoms with Gasteiger partial charge in [0.2, 0.25) is 0 Å². The van der Waals surface area contributed by atoms with Crippen LogP contribution in [-0.4, -0.2) is 11.1 Å². The van der Waals surface area contributed by atoms with E-state index in [1.165, 1.54) is 6.07 Å². The van der Waals surface area contributed by atoms with Crippen LogP contribution in [0.1, 0.15) is 36.8 Å². The lowest BCUT2D eigenvalue weighted by Gasteiger charge is -2.08. The average molecular weight is 284 g/mol. The maximum atomic E-state index is 12.6. The smallest absolute Gasteiger partial charge is 0.416 e. The molecule has 2 atom stereocenters. The van der Waals surface area contributed by atoms with Crippen molar-refractivity contribution in [1.82, 2.24) is 0 Å². The molecular formula is C15H15F3O2. The van der Waals surface area contributed by atoms with Crippen LogP contribution in [0.15, 0.2) is 35.9 Å². The van der Waals surface area contributed by atoms with Crippen LogP contribution >= 0.6 is 0 Å². The fraction of sp³-hybridized carbons (Fsp3) is 0.400. The van der Waals surface area contributed by atoms with Gasteiger partial charge >= 0.3 is 12.1 Å². The summed E-state index contributed by atoms with van der Waals surface area (Å²) in [7, 11) is 0. The Kier molecular flexibility index (Phi) is 3.88. The second-order valence-electron chi connectivity index (χ2n) is 4.98. The average Bonchev–Trinajstić information content (AvgIpc) is 3.14. The number of allylic oxidation sites excluding steroid dienone is 1. The van der Waals surface area contributed by atoms with Crippen LogP contribution in [0.4, 0.5) is 13.2 Å². The summed E-state index contributed by atoms with van der Waals surface area (Å²) in [5, 5.41) is 8.94. The standard InChI is InChI=1S/C15H15F3O2/c1-2-9(14(19)20)6-11-8-13(11)10-4-3-5-12(7-10)15(16,17)18/h3-7,11,13H,2,8H2,1H3,(H,19,20)/b9-6+. The van der Waals surface area contributed by atoms with Gasteiger partial charge in [-0.2, -0.15) is 13.2 Å². The molecular weight excluding hydrogens is 269 g/mol. The van der Waals surface area contributed by atoms with Crippen LogP contribution in [0.5, 0.6) is 0 Å². The molecule has 1 saturated carbocycles. The van der Waals surface area contributed by atoms with Gasteiger partial charge in [0.05, 0.1) is 5.56 Å². The Hall–Kier alpha value is -1.78. The van der Waals surface area contributed by atoms with E-state index in [0.29, 0.717) is 24.0 Å². The van der Waals surface area contributed by atoms with E-state index in [1.54, 1.807) is 19.1 Å². The Balaban J connectivity index is 2.15. The van der Waals surface area contributed by atoms with E-state index in [4.69, 9.17) is 5.11 Å². The monoisotopic (exact) mass is 284 g/mol. The molecule has 0 bridgehead atoms. The predicted molar refractivity (Wildman–Crippen MR) is 68.3 cm³/mol. The highest BCUT2D eigenvalue weighted by atomic mass is 19.4. The van der Waals surface area contributed by atoms with Crippen molar-refractivity contribution in [3.63, 3.8) is 0 Å². The third-order valence-electron chi connectivity index (χ3n) is 3.55. The first kappa shape index (κ1) is 14.6. The highest BCUT2D eigenvalue weighted by Gasteiger charge is 2.39. The fourth-order valence-corrected chi connectivity index (χ4v) is 2.33. The van der Waals surface area contributed by atoms with Crippen molar-refractivity contribution in [2.75, 3.05) is 0 Å². The Morgan fingerprint density at radius 3 is 2.70 bits per heavy atom. The summed E-state index contributed by atoms with van der Waals surface area (Å²) in [4.78, 5) is 10.9. The normalized spacial score (nSPS) is 22.7. The van der Waals surface area contributed by atoms with Gasteiger partial charge in [-0.25, -0.2) is 4.79 Å². The summed E-state index contributed by atoms with van der Waals surface area (Å²) < 4.78 is 37.9. The van der Waals surface area contributed by atoms with E-state index < -0.39 is 17.7 Å². The van der Waals surface area contributed by atoms with Crippen LogP contribution < -0.4 is 0 Å². The van der Waals surface area contributed by atoms with Crippen LogP contribution in [-0.2, 0) is 11.0 Å². The summed E-state index contributed by atoms with van der Waals surface area (Å²) in [6.07, 6.45) is -1.54. The first-order chi connectivity index (χ1) is 9.32. The number of carbonyl (C=O) groups is 1. The van der Waals surface area contributed by atoms with Crippen molar-refractivity contribution in [2.24, 2.45) is 5.92 Å². The topological polar surface area (TPSA) is 37.3 Å². The van der Waals surface area contributed by atoms with Gasteiger partial charge in [0.1, 0.15) is 0 Å². The van der Waals surface area contributed by atoms with E-state index in [9.17, 15) is 18.0 Å². The molecule has 0 aromatic heterocycles. The quantitative estimate of drug-likeness (QED) is 0.840. The van der Waals surface area contributed by atoms with Crippen molar-refractivity contribution >= 4 is 5.97 Å². The lowest BCUT2D eigenvalue weighted by molar-refractivity contribution is -0.137. The predicted octanol–water partition coefficient (Wildman–Crippen LogP) is 4.23. The summed E-state index contributed by atoms with van der Waals surface area (Å²) in [6, 6.07) is 5.27. The van der Waals surface area contributed by atoms with Gasteiger partial charge in [-0.1, -0.05) is 31.2 Å². The van der Waals surface area contributed by atoms with Gasteiger partial charge < -0.3 is 5.11 Å². The molecule has 1 aromatic rings. The molecule has 2 unspecified atom stereocenters. The van der Waals surface area contributed by atoms with Gasteiger partial charge in [-0.15, -0.1) is 0 Å². The SMILES string of the molecule is CC/C(=C\C1CC1c1cccc(C(F)(F)F)c1)C(=O)O. The molecule has 1 aliphatic rings. The maximum absolute atomic E-state index is 12.6. The number of aliphatic carboxylic acids is 1. The summed E-state index contributed by atoms with van der Waals surface area (Å²) in [5.41, 5.74) is 0.296. The van der Waals surface area contributed by atoms with E-state index in [1.807, 2.05) is 0 Å². The zero-order valence-electron chi connectivity index (χ0n) is 10.9. The zero-order valence-corrected chi connectivity index (χ0v) is 10.9. The van der Waals surface area contributed by atoms with E-state index in [0.717, 1.165) is 12.1 Å². The molecule has 2 rings (SSSR count). The molecule has 0 saturated heterocycles. The summed E-state index contributed by atoms with van der Waals surface area (Å²) in [6.45, 7) is 1.75. The number of hydrogen-bond acceptors (Lipinski definition) is 1. The van der Waals surface area contributed by atoms with Crippen LogP contribution in [0, 0.1) is 5.92 Å². The number of benzene rings is 1. The van der Waals surface area contributed by atoms with Crippen molar-refractivity contribution in [1.29, 1.82) is 0 Å². The second kappa shape index (κ2) is 5.31. The number of carboxylic acids is 1. The molecule has 2 nitrogen and oxygen atoms in total. The van der Waals surface area contributed by atoms with E-state index in [2.05, 4.69) is 0 Å². The number of halogens is 3. The molecule has 0 heterocycles. The number of hydrogen-bond donors (Lipinski definition) is 1. The van der Waals surface area contributed by atoms with Crippen molar-refractivity contribution in [2.45, 2.75) is 31.9 Å². The van der Waals surface area contributed by atoms with Crippen LogP contribution in [0.3, 0.4) is 0 Å². The fourth-order valence-electron chi connectivity index (χ4n) is 2.33. The van der Waals surface area contributed by atoms with Crippen molar-refractivity contribution < 1.29 is 23.1 Å². The molecule has 1 fully saturated rings. The summed E-state index contributed by atoms with van der Waals surface area (Å²) in [5.74, 6) is -0.926. The molecule has 5 heteroatoms. The Morgan fingerprint density at radius 1 is 1.45 bits per heavy atom. The molecule has 0 aliphatic heterocycles. The lowest BCUT2D eigenvalue weighted by Crippen LogP contribution is -2.05. The largest absolute Gasteiger partial charge is 0.478 e. The van der Waals surface area contributed by atoms with Crippen LogP contribution in [0.25, 0.3) is 0 Å². The minimum Gasteiger partial charge on any atom is -0.478 e. The number of alkyl halides is 3. The molecule has 1 aliphatic carbocycles. The third-order valence-corrected chi connectivity index (χ3v) is 3.55. The lowest BCUT2D eigenvalue weighted by atomic mass is 10.0. The van der Waals surface area contributed by atoms with Crippen molar-refractivity contribution in [3.05, 3.63) is 47.0 Å². The molecule has 0 amide bonds. The zero-order chi connectivity index (χ0) is 14.9. The molecule has 0 spiro atoms. The Bertz CT molecular complexity index is 546. The maximum Gasteiger partial charge on any atom is 0.416 e. The molecule has 0 radical (unpaired) electrons. The summed E-state index contributed by atoms with van der Waals surface area (Å²) >= 11 is 0. The minimum atomic E-state index is -4.34. The first-order valence-electron chi connectivity index (χ1n) is 6.44. The van der Waals surface area contributed by atoms with Gasteiger partial charge in [-0.3, -0.25) is 0 Å². The molecule has 1 aromatic carbocycles. The number of carboxylic acid groups (broad SMARTS) is 1. The first-order valence-corrected chi connectivity index (χ1v) is 6.44. The third kappa shape index (κ3) is 3.21. The highest BCUT2D eigenvalue weighted by Crippen LogP contribution is 2.49. The van der Waals surface area contributed by atoms with E-state index in [-0.39, 0.29) is 11.8 Å². The molecule has 1 N–H and O–H groups in total. The van der Waals surface area contributed by atoms with Gasteiger partial charge in [0, 0.05) is 5.57 Å². The Morgan fingerprint density at radius 2 is 2.15 bits per heavy atom. The minimum absolute atomic E-state index is 0.00167. The number of rotatable bonds is 4. The van der Waals surface area contributed by atoms with Crippen molar-refractivity contribution in [3.8, 4) is 0 Å². The van der Waals surface area contributed by atoms with Gasteiger partial charge in [0.25, 0.3) is 0 Å². The Labute approximate surface area is 114 Å². The van der Waals surface area contributed by atoms with Crippen LogP contribution in [0.2, 0.25) is 0 Å². The molecule has 20 heavy (non-hydrogen) atoms. The van der Waals surface area contributed by atoms with E-state index >= 15 is 0 Å². The second-order valence-corrected chi connectivity index (χ2v) is 4.98. The highest BCUT2D eigenvalue weighted by molar-refractivity contribution is 5.86. The van der Waals surface area contributed by atoms with Gasteiger partial charge in [-0.05, 0) is 36.3 Å². The molecule has 108 valence electrons. The van der Waals surface area contributed by atoms with Gasteiger partial charge in [0.15, 0.2) is 0 Å².